The van der Waals surface area contributed by atoms with E-state index in [4.69, 9.17) is 4.42 Å². The summed E-state index contributed by atoms with van der Waals surface area (Å²) in [6, 6.07) is 0. The molecule has 0 radical (unpaired) electrons. The Balaban J connectivity index is 2.13. The van der Waals surface area contributed by atoms with Crippen molar-refractivity contribution in [2.24, 2.45) is 0 Å². The molecule has 0 spiro atoms. The fraction of sp³-hybridized carbons (Fsp3) is 0.625. The van der Waals surface area contributed by atoms with Crippen LogP contribution in [-0.4, -0.2) is 9.97 Å². The van der Waals surface area contributed by atoms with Crippen molar-refractivity contribution < 1.29 is 4.42 Å². The van der Waals surface area contributed by atoms with Crippen molar-refractivity contribution in [2.45, 2.75) is 65.2 Å². The van der Waals surface area contributed by atoms with Gasteiger partial charge < -0.3 is 4.42 Å². The van der Waals surface area contributed by atoms with E-state index in [2.05, 4.69) is 44.6 Å². The van der Waals surface area contributed by atoms with Gasteiger partial charge in [-0.05, 0) is 25.2 Å². The summed E-state index contributed by atoms with van der Waals surface area (Å²) in [6.45, 7) is 13.2. The molecule has 0 fully saturated rings. The quantitative estimate of drug-likeness (QED) is 0.823. The summed E-state index contributed by atoms with van der Waals surface area (Å²) in [7, 11) is 0. The van der Waals surface area contributed by atoms with Crippen LogP contribution in [0.3, 0.4) is 0 Å². The maximum Gasteiger partial charge on any atom is 0.181 e. The largest absolute Gasteiger partial charge is 0.448 e. The number of thiazole rings is 1. The summed E-state index contributed by atoms with van der Waals surface area (Å²) in [5.74, 6) is 0.991. The number of rotatable bonds is 4. The van der Waals surface area contributed by atoms with Crippen LogP contribution < -0.4 is 0 Å². The Kier molecular flexibility index (Phi) is 4.05. The van der Waals surface area contributed by atoms with E-state index in [-0.39, 0.29) is 10.8 Å². The predicted octanol–water partition coefficient (Wildman–Crippen LogP) is 4.65. The molecular formula is C16H24N2OS. The predicted molar refractivity (Wildman–Crippen MR) is 83.4 cm³/mol. The topological polar surface area (TPSA) is 38.9 Å². The van der Waals surface area contributed by atoms with Gasteiger partial charge in [-0.15, -0.1) is 11.3 Å². The summed E-state index contributed by atoms with van der Waals surface area (Å²) in [6.07, 6.45) is 3.52. The van der Waals surface area contributed by atoms with Crippen molar-refractivity contribution in [3.8, 4) is 0 Å². The first-order valence-corrected chi connectivity index (χ1v) is 7.93. The van der Waals surface area contributed by atoms with Gasteiger partial charge in [-0.3, -0.25) is 0 Å². The Labute approximate surface area is 125 Å². The second-order valence-corrected chi connectivity index (χ2v) is 7.88. The normalized spacial score (nSPS) is 12.9. The Bertz CT molecular complexity index is 575. The third-order valence-electron chi connectivity index (χ3n) is 3.67. The van der Waals surface area contributed by atoms with Crippen LogP contribution in [0.5, 0.6) is 0 Å². The van der Waals surface area contributed by atoms with Crippen molar-refractivity contribution in [1.29, 1.82) is 0 Å². The highest BCUT2D eigenvalue weighted by Crippen LogP contribution is 2.34. The molecule has 0 saturated heterocycles. The molecule has 0 amide bonds. The molecule has 0 atom stereocenters. The molecule has 0 aromatic carbocycles. The molecule has 110 valence electrons. The number of aromatic nitrogens is 2. The van der Waals surface area contributed by atoms with E-state index in [9.17, 15) is 0 Å². The number of aryl methyl sites for hydroxylation is 2. The van der Waals surface area contributed by atoms with Crippen molar-refractivity contribution in [3.05, 3.63) is 33.9 Å². The Morgan fingerprint density at radius 3 is 2.40 bits per heavy atom. The van der Waals surface area contributed by atoms with Crippen molar-refractivity contribution in [1.82, 2.24) is 9.97 Å². The van der Waals surface area contributed by atoms with Crippen LogP contribution in [-0.2, 0) is 17.3 Å². The van der Waals surface area contributed by atoms with Crippen LogP contribution >= 0.6 is 11.3 Å². The molecule has 0 aliphatic carbocycles. The lowest BCUT2D eigenvalue weighted by molar-refractivity contribution is 0.360. The molecule has 2 heterocycles. The molecule has 0 saturated carbocycles. The van der Waals surface area contributed by atoms with Crippen molar-refractivity contribution in [3.63, 3.8) is 0 Å². The zero-order chi connectivity index (χ0) is 15.0. The van der Waals surface area contributed by atoms with E-state index in [1.807, 2.05) is 12.4 Å². The fourth-order valence-electron chi connectivity index (χ4n) is 2.55. The lowest BCUT2D eigenvalue weighted by Gasteiger charge is -2.23. The highest BCUT2D eigenvalue weighted by molar-refractivity contribution is 7.09. The lowest BCUT2D eigenvalue weighted by Crippen LogP contribution is -2.20. The van der Waals surface area contributed by atoms with E-state index in [0.717, 1.165) is 24.3 Å². The van der Waals surface area contributed by atoms with E-state index in [0.29, 0.717) is 0 Å². The SMILES string of the molecule is Cc1ncoc1C(C)(C)CCc1ncsc1C(C)(C)C. The van der Waals surface area contributed by atoms with Crippen molar-refractivity contribution in [2.75, 3.05) is 0 Å². The van der Waals surface area contributed by atoms with Gasteiger partial charge in [0.1, 0.15) is 5.76 Å². The third-order valence-corrected chi connectivity index (χ3v) is 4.96. The first-order chi connectivity index (χ1) is 9.22. The van der Waals surface area contributed by atoms with E-state index >= 15 is 0 Å². The molecule has 3 nitrogen and oxygen atoms in total. The van der Waals surface area contributed by atoms with Gasteiger partial charge in [0.2, 0.25) is 0 Å². The van der Waals surface area contributed by atoms with Gasteiger partial charge in [0.05, 0.1) is 16.9 Å². The summed E-state index contributed by atoms with van der Waals surface area (Å²) < 4.78 is 5.57. The Hall–Kier alpha value is -1.16. The lowest BCUT2D eigenvalue weighted by atomic mass is 9.82. The van der Waals surface area contributed by atoms with Crippen LogP contribution in [0, 0.1) is 6.92 Å². The number of hydrogen-bond donors (Lipinski definition) is 0. The summed E-state index contributed by atoms with van der Waals surface area (Å²) in [4.78, 5) is 10.2. The number of hydrogen-bond acceptors (Lipinski definition) is 4. The van der Waals surface area contributed by atoms with Crippen LogP contribution in [0.15, 0.2) is 16.3 Å². The monoisotopic (exact) mass is 292 g/mol. The molecule has 2 aromatic rings. The van der Waals surface area contributed by atoms with Gasteiger partial charge in [0, 0.05) is 10.3 Å². The minimum Gasteiger partial charge on any atom is -0.448 e. The van der Waals surface area contributed by atoms with Gasteiger partial charge in [0.15, 0.2) is 6.39 Å². The summed E-state index contributed by atoms with van der Waals surface area (Å²) >= 11 is 1.76. The van der Waals surface area contributed by atoms with E-state index < -0.39 is 0 Å². The molecule has 2 rings (SSSR count). The highest BCUT2D eigenvalue weighted by Gasteiger charge is 2.28. The maximum absolute atomic E-state index is 5.57. The third kappa shape index (κ3) is 3.11. The Morgan fingerprint density at radius 1 is 1.15 bits per heavy atom. The fourth-order valence-corrected chi connectivity index (χ4v) is 3.48. The number of nitrogens with zero attached hydrogens (tertiary/aromatic N) is 2. The zero-order valence-electron chi connectivity index (χ0n) is 13.3. The van der Waals surface area contributed by atoms with Gasteiger partial charge in [0.25, 0.3) is 0 Å². The van der Waals surface area contributed by atoms with E-state index in [1.54, 1.807) is 11.3 Å². The average molecular weight is 292 g/mol. The number of oxazole rings is 1. The first-order valence-electron chi connectivity index (χ1n) is 7.05. The second kappa shape index (κ2) is 5.32. The van der Waals surface area contributed by atoms with Crippen molar-refractivity contribution >= 4 is 11.3 Å². The van der Waals surface area contributed by atoms with Crippen LogP contribution in [0.1, 0.15) is 63.1 Å². The second-order valence-electron chi connectivity index (χ2n) is 7.03. The first kappa shape index (κ1) is 15.2. The van der Waals surface area contributed by atoms with Crippen LogP contribution in [0.2, 0.25) is 0 Å². The molecule has 4 heteroatoms. The molecule has 0 unspecified atom stereocenters. The van der Waals surface area contributed by atoms with Gasteiger partial charge >= 0.3 is 0 Å². The molecule has 0 bridgehead atoms. The molecule has 2 aromatic heterocycles. The molecule has 20 heavy (non-hydrogen) atoms. The maximum atomic E-state index is 5.57. The van der Waals surface area contributed by atoms with Gasteiger partial charge in [-0.25, -0.2) is 9.97 Å². The Morgan fingerprint density at radius 2 is 1.85 bits per heavy atom. The average Bonchev–Trinajstić information content (AvgIpc) is 2.93. The van der Waals surface area contributed by atoms with Crippen LogP contribution in [0.4, 0.5) is 0 Å². The summed E-state index contributed by atoms with van der Waals surface area (Å²) in [5.41, 5.74) is 4.34. The van der Waals surface area contributed by atoms with Gasteiger partial charge in [-0.2, -0.15) is 0 Å². The molecule has 0 aliphatic heterocycles. The minimum absolute atomic E-state index is 0.0145. The molecule has 0 aliphatic rings. The molecular weight excluding hydrogens is 268 g/mol. The highest BCUT2D eigenvalue weighted by atomic mass is 32.1. The minimum atomic E-state index is -0.0145. The van der Waals surface area contributed by atoms with Crippen LogP contribution in [0.25, 0.3) is 0 Å². The standard InChI is InChI=1S/C16H24N2OS/c1-11-13(19-9-17-11)16(5,6)8-7-12-14(15(2,3)4)20-10-18-12/h9-10H,7-8H2,1-6H3. The van der Waals surface area contributed by atoms with E-state index in [1.165, 1.54) is 17.0 Å². The van der Waals surface area contributed by atoms with Gasteiger partial charge in [-0.1, -0.05) is 34.6 Å². The summed E-state index contributed by atoms with van der Waals surface area (Å²) in [5, 5.41) is 0. The molecule has 0 N–H and O–H groups in total. The smallest absolute Gasteiger partial charge is 0.181 e. The zero-order valence-corrected chi connectivity index (χ0v) is 14.1.